The summed E-state index contributed by atoms with van der Waals surface area (Å²) in [7, 11) is 0. The molecule has 0 saturated carbocycles. The fourth-order valence-electron chi connectivity index (χ4n) is 2.54. The van der Waals surface area contributed by atoms with Crippen molar-refractivity contribution < 1.29 is 14.3 Å². The number of carbonyl (C=O) groups is 1. The van der Waals surface area contributed by atoms with Gasteiger partial charge in [-0.3, -0.25) is 4.79 Å². The summed E-state index contributed by atoms with van der Waals surface area (Å²) in [5.41, 5.74) is 2.45. The molecule has 0 aromatic heterocycles. The molecule has 2 aromatic carbocycles. The molecule has 1 atom stereocenters. The highest BCUT2D eigenvalue weighted by molar-refractivity contribution is 9.10. The molecule has 0 spiro atoms. The molecule has 0 radical (unpaired) electrons. The number of hydrogen-bond donors (Lipinski definition) is 1. The fourth-order valence-corrected chi connectivity index (χ4v) is 2.92. The van der Waals surface area contributed by atoms with Crippen LogP contribution in [0.4, 0.5) is 5.69 Å². The van der Waals surface area contributed by atoms with Gasteiger partial charge >= 0.3 is 0 Å². The first-order chi connectivity index (χ1) is 11.6. The average molecular weight is 390 g/mol. The smallest absolute Gasteiger partial charge is 0.255 e. The average Bonchev–Trinajstić information content (AvgIpc) is 3.10. The van der Waals surface area contributed by atoms with E-state index in [0.29, 0.717) is 12.2 Å². The SMILES string of the molecule is Cc1ccc(C(=O)Nc2ccc(OC[C@@H]3CCCO3)cc2)cc1Br. The van der Waals surface area contributed by atoms with Crippen LogP contribution in [0.25, 0.3) is 0 Å². The molecule has 5 heteroatoms. The van der Waals surface area contributed by atoms with E-state index in [1.807, 2.05) is 49.4 Å². The number of amides is 1. The van der Waals surface area contributed by atoms with E-state index in [9.17, 15) is 4.79 Å². The summed E-state index contributed by atoms with van der Waals surface area (Å²) in [5.74, 6) is 0.644. The van der Waals surface area contributed by atoms with E-state index in [2.05, 4.69) is 21.2 Å². The van der Waals surface area contributed by atoms with Gasteiger partial charge in [0.2, 0.25) is 0 Å². The molecule has 4 nitrogen and oxygen atoms in total. The van der Waals surface area contributed by atoms with Crippen molar-refractivity contribution in [2.45, 2.75) is 25.9 Å². The van der Waals surface area contributed by atoms with Gasteiger partial charge in [0, 0.05) is 22.3 Å². The van der Waals surface area contributed by atoms with Gasteiger partial charge in [0.1, 0.15) is 12.4 Å². The zero-order chi connectivity index (χ0) is 16.9. The Balaban J connectivity index is 1.56. The lowest BCUT2D eigenvalue weighted by Gasteiger charge is -2.12. The van der Waals surface area contributed by atoms with Crippen molar-refractivity contribution in [3.63, 3.8) is 0 Å². The lowest BCUT2D eigenvalue weighted by molar-refractivity contribution is 0.0679. The molecule has 1 N–H and O–H groups in total. The summed E-state index contributed by atoms with van der Waals surface area (Å²) in [6, 6.07) is 12.9. The molecule has 1 aliphatic heterocycles. The third-order valence-electron chi connectivity index (χ3n) is 4.01. The first-order valence-electron chi connectivity index (χ1n) is 8.04. The van der Waals surface area contributed by atoms with E-state index < -0.39 is 0 Å². The second-order valence-electron chi connectivity index (χ2n) is 5.89. The number of aryl methyl sites for hydroxylation is 1. The van der Waals surface area contributed by atoms with Crippen LogP contribution in [-0.4, -0.2) is 25.2 Å². The fraction of sp³-hybridized carbons (Fsp3) is 0.316. The highest BCUT2D eigenvalue weighted by Gasteiger charge is 2.16. The standard InChI is InChI=1S/C19H20BrNO3/c1-13-4-5-14(11-18(13)20)19(22)21-15-6-8-16(9-7-15)24-12-17-3-2-10-23-17/h4-9,11,17H,2-3,10,12H2,1H3,(H,21,22)/t17-/m0/s1. The van der Waals surface area contributed by atoms with Gasteiger partial charge in [-0.1, -0.05) is 22.0 Å². The second-order valence-corrected chi connectivity index (χ2v) is 6.74. The Kier molecular flexibility index (Phi) is 5.53. The minimum Gasteiger partial charge on any atom is -0.491 e. The van der Waals surface area contributed by atoms with Crippen molar-refractivity contribution in [1.82, 2.24) is 0 Å². The first kappa shape index (κ1) is 17.0. The maximum atomic E-state index is 12.3. The quantitative estimate of drug-likeness (QED) is 0.814. The third-order valence-corrected chi connectivity index (χ3v) is 4.86. The van der Waals surface area contributed by atoms with E-state index in [1.165, 1.54) is 0 Å². The minimum absolute atomic E-state index is 0.135. The molecule has 2 aromatic rings. The Labute approximate surface area is 150 Å². The largest absolute Gasteiger partial charge is 0.491 e. The summed E-state index contributed by atoms with van der Waals surface area (Å²) < 4.78 is 12.2. The van der Waals surface area contributed by atoms with E-state index in [1.54, 1.807) is 0 Å². The molecule has 1 saturated heterocycles. The van der Waals surface area contributed by atoms with Gasteiger partial charge in [-0.05, 0) is 61.7 Å². The van der Waals surface area contributed by atoms with Gasteiger partial charge in [-0.2, -0.15) is 0 Å². The molecule has 0 aliphatic carbocycles. The summed E-state index contributed by atoms with van der Waals surface area (Å²) in [6.07, 6.45) is 2.36. The van der Waals surface area contributed by atoms with Gasteiger partial charge < -0.3 is 14.8 Å². The molecule has 126 valence electrons. The van der Waals surface area contributed by atoms with Gasteiger partial charge in [-0.25, -0.2) is 0 Å². The van der Waals surface area contributed by atoms with Gasteiger partial charge in [0.25, 0.3) is 5.91 Å². The summed E-state index contributed by atoms with van der Waals surface area (Å²) in [6.45, 7) is 3.39. The predicted octanol–water partition coefficient (Wildman–Crippen LogP) is 4.57. The van der Waals surface area contributed by atoms with Crippen LogP contribution in [0.3, 0.4) is 0 Å². The topological polar surface area (TPSA) is 47.6 Å². The molecule has 1 aliphatic rings. The summed E-state index contributed by atoms with van der Waals surface area (Å²) in [5, 5.41) is 2.89. The van der Waals surface area contributed by atoms with Crippen molar-refractivity contribution in [1.29, 1.82) is 0 Å². The molecule has 1 amide bonds. The lowest BCUT2D eigenvalue weighted by atomic mass is 10.1. The molecule has 1 heterocycles. The highest BCUT2D eigenvalue weighted by atomic mass is 79.9. The van der Waals surface area contributed by atoms with Crippen molar-refractivity contribution in [3.8, 4) is 5.75 Å². The minimum atomic E-state index is -0.135. The molecule has 24 heavy (non-hydrogen) atoms. The maximum absolute atomic E-state index is 12.3. The number of hydrogen-bond acceptors (Lipinski definition) is 3. The number of ether oxygens (including phenoxy) is 2. The number of anilines is 1. The Bertz CT molecular complexity index is 709. The molecule has 1 fully saturated rings. The third kappa shape index (κ3) is 4.36. The molecule has 3 rings (SSSR count). The monoisotopic (exact) mass is 389 g/mol. The predicted molar refractivity (Wildman–Crippen MR) is 97.7 cm³/mol. The van der Waals surface area contributed by atoms with Crippen LogP contribution in [0.1, 0.15) is 28.8 Å². The van der Waals surface area contributed by atoms with E-state index in [-0.39, 0.29) is 12.0 Å². The van der Waals surface area contributed by atoms with Crippen molar-refractivity contribution in [2.75, 3.05) is 18.5 Å². The van der Waals surface area contributed by atoms with Crippen LogP contribution in [0.2, 0.25) is 0 Å². The highest BCUT2D eigenvalue weighted by Crippen LogP contribution is 2.21. The number of rotatable bonds is 5. The van der Waals surface area contributed by atoms with Crippen LogP contribution in [0.5, 0.6) is 5.75 Å². The summed E-state index contributed by atoms with van der Waals surface area (Å²) >= 11 is 3.45. The number of nitrogens with one attached hydrogen (secondary N) is 1. The van der Waals surface area contributed by atoms with Crippen LogP contribution < -0.4 is 10.1 Å². The van der Waals surface area contributed by atoms with Crippen LogP contribution >= 0.6 is 15.9 Å². The maximum Gasteiger partial charge on any atom is 0.255 e. The number of carbonyl (C=O) groups excluding carboxylic acids is 1. The Hall–Kier alpha value is -1.85. The Morgan fingerprint density at radius 2 is 2.08 bits per heavy atom. The molecule has 0 unspecified atom stereocenters. The van der Waals surface area contributed by atoms with Crippen LogP contribution in [0.15, 0.2) is 46.9 Å². The number of halogens is 1. The van der Waals surface area contributed by atoms with E-state index in [0.717, 1.165) is 40.9 Å². The zero-order valence-corrected chi connectivity index (χ0v) is 15.1. The molecular weight excluding hydrogens is 370 g/mol. The van der Waals surface area contributed by atoms with Gasteiger partial charge in [-0.15, -0.1) is 0 Å². The van der Waals surface area contributed by atoms with Crippen molar-refractivity contribution in [3.05, 3.63) is 58.1 Å². The van der Waals surface area contributed by atoms with Crippen molar-refractivity contribution >= 4 is 27.5 Å². The van der Waals surface area contributed by atoms with Crippen molar-refractivity contribution in [2.24, 2.45) is 0 Å². The van der Waals surface area contributed by atoms with E-state index in [4.69, 9.17) is 9.47 Å². The Morgan fingerprint density at radius 3 is 2.75 bits per heavy atom. The molecule has 0 bridgehead atoms. The zero-order valence-electron chi connectivity index (χ0n) is 13.5. The Morgan fingerprint density at radius 1 is 1.29 bits per heavy atom. The van der Waals surface area contributed by atoms with Crippen LogP contribution in [0, 0.1) is 6.92 Å². The number of benzene rings is 2. The van der Waals surface area contributed by atoms with Gasteiger partial charge in [0.15, 0.2) is 0 Å². The van der Waals surface area contributed by atoms with E-state index >= 15 is 0 Å². The normalized spacial score (nSPS) is 16.8. The first-order valence-corrected chi connectivity index (χ1v) is 8.83. The van der Waals surface area contributed by atoms with Gasteiger partial charge in [0.05, 0.1) is 6.10 Å². The lowest BCUT2D eigenvalue weighted by Crippen LogP contribution is -2.16. The molecular formula is C19H20BrNO3. The van der Waals surface area contributed by atoms with Crippen LogP contribution in [-0.2, 0) is 4.74 Å². The second kappa shape index (κ2) is 7.81. The summed E-state index contributed by atoms with van der Waals surface area (Å²) in [4.78, 5) is 12.3.